The van der Waals surface area contributed by atoms with Gasteiger partial charge < -0.3 is 15.8 Å². The third-order valence-electron chi connectivity index (χ3n) is 3.83. The number of nitrogens with one attached hydrogen (secondary N) is 1. The van der Waals surface area contributed by atoms with Crippen molar-refractivity contribution in [2.45, 2.75) is 19.8 Å². The number of rotatable bonds is 8. The summed E-state index contributed by atoms with van der Waals surface area (Å²) in [6, 6.07) is 16.9. The van der Waals surface area contributed by atoms with E-state index in [1.165, 1.54) is 0 Å². The predicted molar refractivity (Wildman–Crippen MR) is 97.8 cm³/mol. The second kappa shape index (κ2) is 9.47. The second-order valence-corrected chi connectivity index (χ2v) is 5.86. The smallest absolute Gasteiger partial charge is 0.311 e. The molecule has 0 bridgehead atoms. The van der Waals surface area contributed by atoms with Crippen LogP contribution in [0.5, 0.6) is 0 Å². The highest BCUT2D eigenvalue weighted by Crippen LogP contribution is 2.11. The van der Waals surface area contributed by atoms with E-state index < -0.39 is 5.92 Å². The average Bonchev–Trinajstić information content (AvgIpc) is 2.61. The fourth-order valence-electron chi connectivity index (χ4n) is 2.52. The maximum Gasteiger partial charge on any atom is 0.311 e. The molecule has 0 aliphatic carbocycles. The molecule has 1 unspecified atom stereocenters. The first-order valence-corrected chi connectivity index (χ1v) is 8.40. The van der Waals surface area contributed by atoms with Crippen molar-refractivity contribution >= 4 is 17.6 Å². The van der Waals surface area contributed by atoms with Crippen LogP contribution in [0.1, 0.15) is 18.1 Å². The zero-order chi connectivity index (χ0) is 18.1. The average molecular weight is 340 g/mol. The van der Waals surface area contributed by atoms with Gasteiger partial charge in [-0.3, -0.25) is 9.59 Å². The zero-order valence-corrected chi connectivity index (χ0v) is 14.4. The van der Waals surface area contributed by atoms with Gasteiger partial charge in [0.1, 0.15) is 0 Å². The summed E-state index contributed by atoms with van der Waals surface area (Å²) in [7, 11) is 0. The molecule has 25 heavy (non-hydrogen) atoms. The molecule has 1 atom stereocenters. The maximum atomic E-state index is 12.2. The molecule has 3 N–H and O–H groups in total. The van der Waals surface area contributed by atoms with Gasteiger partial charge in [-0.15, -0.1) is 0 Å². The maximum absolute atomic E-state index is 12.2. The Morgan fingerprint density at radius 2 is 1.72 bits per heavy atom. The molecule has 0 saturated carbocycles. The number of anilines is 1. The van der Waals surface area contributed by atoms with Crippen molar-refractivity contribution in [3.8, 4) is 0 Å². The first kappa shape index (κ1) is 18.5. The summed E-state index contributed by atoms with van der Waals surface area (Å²) in [4.78, 5) is 24.3. The van der Waals surface area contributed by atoms with Crippen molar-refractivity contribution in [3.63, 3.8) is 0 Å². The summed E-state index contributed by atoms with van der Waals surface area (Å²) in [5.74, 6) is -0.830. The number of hydrogen-bond donors (Lipinski definition) is 2. The lowest BCUT2D eigenvalue weighted by Gasteiger charge is -2.16. The number of nitrogens with two attached hydrogens (primary N) is 1. The molecule has 2 aromatic rings. The van der Waals surface area contributed by atoms with Crippen LogP contribution in [0.15, 0.2) is 54.6 Å². The van der Waals surface area contributed by atoms with Gasteiger partial charge in [-0.05, 0) is 36.6 Å². The summed E-state index contributed by atoms with van der Waals surface area (Å²) >= 11 is 0. The molecule has 0 heterocycles. The Labute approximate surface area is 148 Å². The highest BCUT2D eigenvalue weighted by molar-refractivity contribution is 5.80. The molecule has 1 amide bonds. The van der Waals surface area contributed by atoms with Crippen LogP contribution in [0, 0.1) is 5.92 Å². The van der Waals surface area contributed by atoms with Crippen LogP contribution in [0.2, 0.25) is 0 Å². The van der Waals surface area contributed by atoms with E-state index in [9.17, 15) is 9.59 Å². The first-order chi connectivity index (χ1) is 12.1. The Morgan fingerprint density at radius 1 is 1.04 bits per heavy atom. The highest BCUT2D eigenvalue weighted by atomic mass is 16.5. The van der Waals surface area contributed by atoms with E-state index >= 15 is 0 Å². The van der Waals surface area contributed by atoms with E-state index in [1.807, 2.05) is 42.5 Å². The van der Waals surface area contributed by atoms with E-state index in [4.69, 9.17) is 10.5 Å². The third kappa shape index (κ3) is 6.30. The van der Waals surface area contributed by atoms with Crippen LogP contribution in [0.4, 0.5) is 5.69 Å². The van der Waals surface area contributed by atoms with Crippen molar-refractivity contribution in [2.24, 2.45) is 5.92 Å². The summed E-state index contributed by atoms with van der Waals surface area (Å²) in [5, 5.41) is 2.83. The molecule has 5 nitrogen and oxygen atoms in total. The Balaban J connectivity index is 1.92. The van der Waals surface area contributed by atoms with Crippen molar-refractivity contribution in [2.75, 3.05) is 18.9 Å². The van der Waals surface area contributed by atoms with E-state index in [1.54, 1.807) is 19.1 Å². The first-order valence-electron chi connectivity index (χ1n) is 8.40. The summed E-state index contributed by atoms with van der Waals surface area (Å²) < 4.78 is 5.14. The van der Waals surface area contributed by atoms with Gasteiger partial charge in [-0.1, -0.05) is 42.5 Å². The Morgan fingerprint density at radius 3 is 2.36 bits per heavy atom. The van der Waals surface area contributed by atoms with Crippen molar-refractivity contribution in [1.29, 1.82) is 0 Å². The summed E-state index contributed by atoms with van der Waals surface area (Å²) in [6.45, 7) is 2.35. The summed E-state index contributed by atoms with van der Waals surface area (Å²) in [6.07, 6.45) is 0.781. The van der Waals surface area contributed by atoms with Crippen LogP contribution >= 0.6 is 0 Å². The minimum atomic E-state index is -0.405. The SMILES string of the molecule is CCOC(=O)C(CNC(=O)Cc1ccc(N)cc1)Cc1ccccc1. The predicted octanol–water partition coefficient (Wildman–Crippen LogP) is 2.35. The lowest BCUT2D eigenvalue weighted by molar-refractivity contribution is -0.147. The van der Waals surface area contributed by atoms with E-state index in [0.29, 0.717) is 18.7 Å². The standard InChI is InChI=1S/C20H24N2O3/c1-2-25-20(24)17(12-15-6-4-3-5-7-15)14-22-19(23)13-16-8-10-18(21)11-9-16/h3-11,17H,2,12-14,21H2,1H3,(H,22,23). The number of amides is 1. The molecule has 0 radical (unpaired) electrons. The Kier molecular flexibility index (Phi) is 7.01. The zero-order valence-electron chi connectivity index (χ0n) is 14.4. The molecule has 0 aliphatic rings. The molecule has 0 aliphatic heterocycles. The lowest BCUT2D eigenvalue weighted by Crippen LogP contribution is -2.35. The number of ether oxygens (including phenoxy) is 1. The Hall–Kier alpha value is -2.82. The highest BCUT2D eigenvalue weighted by Gasteiger charge is 2.21. The quantitative estimate of drug-likeness (QED) is 0.571. The fourth-order valence-corrected chi connectivity index (χ4v) is 2.52. The van der Waals surface area contributed by atoms with Crippen LogP contribution in [0.25, 0.3) is 0 Å². The van der Waals surface area contributed by atoms with Gasteiger partial charge in [0.2, 0.25) is 5.91 Å². The molecular formula is C20H24N2O3. The van der Waals surface area contributed by atoms with Gasteiger partial charge in [0, 0.05) is 12.2 Å². The normalized spacial score (nSPS) is 11.6. The van der Waals surface area contributed by atoms with Crippen LogP contribution in [0.3, 0.4) is 0 Å². The molecule has 2 rings (SSSR count). The molecular weight excluding hydrogens is 316 g/mol. The minimum Gasteiger partial charge on any atom is -0.466 e. The van der Waals surface area contributed by atoms with Gasteiger partial charge in [0.15, 0.2) is 0 Å². The molecule has 132 valence electrons. The topological polar surface area (TPSA) is 81.4 Å². The molecule has 0 fully saturated rings. The van der Waals surface area contributed by atoms with Gasteiger partial charge in [-0.2, -0.15) is 0 Å². The van der Waals surface area contributed by atoms with E-state index in [0.717, 1.165) is 11.1 Å². The van der Waals surface area contributed by atoms with Crippen molar-refractivity contribution in [1.82, 2.24) is 5.32 Å². The van der Waals surface area contributed by atoms with Gasteiger partial charge in [-0.25, -0.2) is 0 Å². The largest absolute Gasteiger partial charge is 0.466 e. The number of hydrogen-bond acceptors (Lipinski definition) is 4. The van der Waals surface area contributed by atoms with E-state index in [2.05, 4.69) is 5.32 Å². The molecule has 0 aromatic heterocycles. The number of benzene rings is 2. The van der Waals surface area contributed by atoms with Crippen LogP contribution < -0.4 is 11.1 Å². The summed E-state index contributed by atoms with van der Waals surface area (Å²) in [5.41, 5.74) is 8.21. The number of esters is 1. The molecule has 2 aromatic carbocycles. The number of nitrogen functional groups attached to an aromatic ring is 1. The fraction of sp³-hybridized carbons (Fsp3) is 0.300. The number of carbonyl (C=O) groups is 2. The van der Waals surface area contributed by atoms with Crippen LogP contribution in [-0.4, -0.2) is 25.0 Å². The minimum absolute atomic E-state index is 0.132. The van der Waals surface area contributed by atoms with Crippen LogP contribution in [-0.2, 0) is 27.2 Å². The Bertz CT molecular complexity index is 684. The van der Waals surface area contributed by atoms with Gasteiger partial charge in [0.05, 0.1) is 18.9 Å². The van der Waals surface area contributed by atoms with E-state index in [-0.39, 0.29) is 24.8 Å². The lowest BCUT2D eigenvalue weighted by atomic mass is 9.99. The molecule has 0 spiro atoms. The number of carbonyl (C=O) groups excluding carboxylic acids is 2. The monoisotopic (exact) mass is 340 g/mol. The van der Waals surface area contributed by atoms with Crippen molar-refractivity contribution < 1.29 is 14.3 Å². The third-order valence-corrected chi connectivity index (χ3v) is 3.83. The second-order valence-electron chi connectivity index (χ2n) is 5.86. The van der Waals surface area contributed by atoms with Gasteiger partial charge >= 0.3 is 5.97 Å². The molecule has 0 saturated heterocycles. The van der Waals surface area contributed by atoms with Crippen molar-refractivity contribution in [3.05, 3.63) is 65.7 Å². The molecule has 5 heteroatoms. The van der Waals surface area contributed by atoms with Gasteiger partial charge in [0.25, 0.3) is 0 Å².